The van der Waals surface area contributed by atoms with Gasteiger partial charge in [0.15, 0.2) is 17.4 Å². The highest BCUT2D eigenvalue weighted by Gasteiger charge is 2.33. The van der Waals surface area contributed by atoms with Crippen LogP contribution in [0, 0.1) is 0 Å². The van der Waals surface area contributed by atoms with Crippen LogP contribution < -0.4 is 4.74 Å². The minimum absolute atomic E-state index is 0.00528. The van der Waals surface area contributed by atoms with E-state index in [1.54, 1.807) is 49.7 Å². The van der Waals surface area contributed by atoms with Gasteiger partial charge in [0.25, 0.3) is 0 Å². The Bertz CT molecular complexity index is 3020. The number of para-hydroxylation sites is 1. The molecule has 4 aromatic heterocycles. The Morgan fingerprint density at radius 1 is 0.656 bits per heavy atom. The number of fused-ring (bicyclic) bond motifs is 1. The molecule has 14 heteroatoms. The molecule has 0 fully saturated rings. The van der Waals surface area contributed by atoms with Crippen molar-refractivity contribution in [1.82, 2.24) is 19.9 Å². The van der Waals surface area contributed by atoms with Crippen LogP contribution in [0.1, 0.15) is 33.8 Å². The topological polar surface area (TPSA) is 113 Å². The number of aromatic amines is 2. The van der Waals surface area contributed by atoms with Crippen molar-refractivity contribution in [2.45, 2.75) is 18.8 Å². The van der Waals surface area contributed by atoms with E-state index in [0.29, 0.717) is 23.6 Å². The molecule has 0 saturated heterocycles. The fourth-order valence-electron chi connectivity index (χ4n) is 7.16. The monoisotopic (exact) mass is 870 g/mol. The smallest absolute Gasteiger partial charge is 0.416 e. The lowest BCUT2D eigenvalue weighted by molar-refractivity contribution is -0.138. The fourth-order valence-corrected chi connectivity index (χ4v) is 7.16. The van der Waals surface area contributed by atoms with Crippen molar-refractivity contribution < 1.29 is 45.0 Å². The highest BCUT2D eigenvalue weighted by atomic mass is 19.4. The Hall–Kier alpha value is -8.00. The molecule has 5 aromatic carbocycles. The molecule has 322 valence electrons. The van der Waals surface area contributed by atoms with E-state index in [0.717, 1.165) is 74.6 Å². The molecule has 0 spiro atoms. The molecular formula is C50H36F6N4O4. The number of hydrogen-bond donors (Lipinski definition) is 3. The molecule has 8 nitrogen and oxygen atoms in total. The summed E-state index contributed by atoms with van der Waals surface area (Å²) in [6.45, 7) is 7.73. The summed E-state index contributed by atoms with van der Waals surface area (Å²) in [5, 5.41) is 10.4. The lowest BCUT2D eigenvalue weighted by Crippen LogP contribution is -2.05. The van der Waals surface area contributed by atoms with Crippen LogP contribution >= 0.6 is 0 Å². The summed E-state index contributed by atoms with van der Waals surface area (Å²) in [4.78, 5) is 15.5. The van der Waals surface area contributed by atoms with Crippen molar-refractivity contribution in [2.24, 2.45) is 0 Å². The molecule has 64 heavy (non-hydrogen) atoms. The van der Waals surface area contributed by atoms with Gasteiger partial charge in [-0.05, 0) is 90.5 Å². The van der Waals surface area contributed by atoms with Gasteiger partial charge in [-0.15, -0.1) is 0 Å². The van der Waals surface area contributed by atoms with Crippen LogP contribution in [0.4, 0.5) is 26.3 Å². The van der Waals surface area contributed by atoms with E-state index >= 15 is 0 Å². The van der Waals surface area contributed by atoms with Crippen LogP contribution in [-0.4, -0.2) is 32.2 Å². The Morgan fingerprint density at radius 3 is 1.94 bits per heavy atom. The Balaban J connectivity index is 0.000000176. The summed E-state index contributed by atoms with van der Waals surface area (Å²) >= 11 is 0. The number of alkyl halides is 6. The zero-order chi connectivity index (χ0) is 45.2. The Labute approximate surface area is 361 Å². The number of phenols is 1. The van der Waals surface area contributed by atoms with Crippen LogP contribution in [0.3, 0.4) is 0 Å². The number of H-pyrrole nitrogens is 2. The number of hydrogen-bond acceptors (Lipinski definition) is 6. The molecule has 0 saturated carbocycles. The van der Waals surface area contributed by atoms with Crippen molar-refractivity contribution in [1.29, 1.82) is 0 Å². The van der Waals surface area contributed by atoms with E-state index < -0.39 is 23.5 Å². The van der Waals surface area contributed by atoms with Crippen molar-refractivity contribution in [3.8, 4) is 68.1 Å². The van der Waals surface area contributed by atoms with Crippen molar-refractivity contribution >= 4 is 23.1 Å². The van der Waals surface area contributed by atoms with E-state index in [1.165, 1.54) is 24.3 Å². The molecule has 9 aromatic rings. The number of benzene rings is 5. The number of nitrogens with zero attached hydrogens (tertiary/aromatic N) is 2. The third-order valence-corrected chi connectivity index (χ3v) is 10.3. The van der Waals surface area contributed by atoms with E-state index in [9.17, 15) is 31.4 Å². The lowest BCUT2D eigenvalue weighted by Gasteiger charge is -2.09. The highest BCUT2D eigenvalue weighted by molar-refractivity contribution is 5.94. The average molecular weight is 871 g/mol. The fraction of sp³-hybridized carbons (Fsp3) is 0.0800. The molecule has 3 N–H and O–H groups in total. The summed E-state index contributed by atoms with van der Waals surface area (Å²) in [6, 6.07) is 30.6. The lowest BCUT2D eigenvalue weighted by atomic mass is 10.0. The second-order valence-corrected chi connectivity index (χ2v) is 14.4. The predicted octanol–water partition coefficient (Wildman–Crippen LogP) is 14.1. The second kappa shape index (κ2) is 17.4. The minimum atomic E-state index is -4.61. The van der Waals surface area contributed by atoms with E-state index in [4.69, 9.17) is 18.6 Å². The number of phenolic OH excluding ortho intramolecular Hbond substituents is 1. The number of halogens is 6. The maximum Gasteiger partial charge on any atom is 0.416 e. The molecule has 0 aliphatic rings. The normalized spacial score (nSPS) is 11.6. The highest BCUT2D eigenvalue weighted by Crippen LogP contribution is 2.42. The van der Waals surface area contributed by atoms with E-state index in [-0.39, 0.29) is 34.2 Å². The average Bonchev–Trinajstić information content (AvgIpc) is 4.11. The van der Waals surface area contributed by atoms with Gasteiger partial charge in [0, 0.05) is 56.8 Å². The number of rotatable bonds is 10. The van der Waals surface area contributed by atoms with Crippen LogP contribution in [-0.2, 0) is 18.8 Å². The van der Waals surface area contributed by atoms with Gasteiger partial charge in [-0.25, -0.2) is 9.97 Å². The van der Waals surface area contributed by atoms with Gasteiger partial charge in [-0.1, -0.05) is 61.7 Å². The molecule has 0 bridgehead atoms. The molecule has 9 rings (SSSR count). The third kappa shape index (κ3) is 8.84. The third-order valence-electron chi connectivity index (χ3n) is 10.3. The number of aromatic nitrogens is 4. The van der Waals surface area contributed by atoms with Crippen LogP contribution in [0.25, 0.3) is 79.7 Å². The number of methoxy groups -OCH3 is 1. The summed E-state index contributed by atoms with van der Waals surface area (Å²) in [5.74, 6) is 2.21. The molecule has 0 aliphatic carbocycles. The predicted molar refractivity (Wildman–Crippen MR) is 234 cm³/mol. The van der Waals surface area contributed by atoms with E-state index in [2.05, 4.69) is 28.1 Å². The Kier molecular flexibility index (Phi) is 11.6. The van der Waals surface area contributed by atoms with Crippen molar-refractivity contribution in [3.05, 3.63) is 181 Å². The summed E-state index contributed by atoms with van der Waals surface area (Å²) in [6.07, 6.45) is -1.58. The first-order valence-electron chi connectivity index (χ1n) is 19.5. The first kappa shape index (κ1) is 42.7. The Morgan fingerprint density at radius 2 is 1.28 bits per heavy atom. The molecule has 0 radical (unpaired) electrons. The standard InChI is InChI=1S/C25H14F6N2O.C25H22N2O3/c26-24(27,28)16-7-3-5-14(11-16)21-22(15-6-4-8-17(12-15)25(29,30)31)34-23(33-21)19-13-32-20-10-2-1-9-18(19)20;1-4-21-18(15-26-22(21)5-2)14-23-27-24(16-8-12-20(29-3)13-9-16)25(30-23)17-6-10-19(28)11-7-17/h1-13,32H;4-13,15,26,28H,1-2,14H2,3H3. The van der Waals surface area contributed by atoms with Gasteiger partial charge in [-0.2, -0.15) is 26.3 Å². The van der Waals surface area contributed by atoms with Gasteiger partial charge in [-0.3, -0.25) is 0 Å². The van der Waals surface area contributed by atoms with Crippen molar-refractivity contribution in [3.63, 3.8) is 0 Å². The second-order valence-electron chi connectivity index (χ2n) is 14.4. The molecule has 0 amide bonds. The summed E-state index contributed by atoms with van der Waals surface area (Å²) in [7, 11) is 1.64. The largest absolute Gasteiger partial charge is 0.508 e. The summed E-state index contributed by atoms with van der Waals surface area (Å²) < 4.78 is 97.3. The van der Waals surface area contributed by atoms with Gasteiger partial charge in [0.05, 0.1) is 30.2 Å². The molecule has 0 atom stereocenters. The number of ether oxygens (including phenoxy) is 1. The van der Waals surface area contributed by atoms with Crippen LogP contribution in [0.2, 0.25) is 0 Å². The molecule has 0 aliphatic heterocycles. The number of aromatic hydroxyl groups is 1. The maximum atomic E-state index is 13.3. The molecule has 0 unspecified atom stereocenters. The number of oxazole rings is 2. The summed E-state index contributed by atoms with van der Waals surface area (Å²) in [5.41, 5.74) is 5.02. The van der Waals surface area contributed by atoms with Gasteiger partial charge < -0.3 is 28.6 Å². The van der Waals surface area contributed by atoms with Gasteiger partial charge in [0.1, 0.15) is 22.9 Å². The number of nitrogens with one attached hydrogen (secondary N) is 2. The molecular weight excluding hydrogens is 835 g/mol. The van der Waals surface area contributed by atoms with Gasteiger partial charge in [0.2, 0.25) is 5.89 Å². The first-order valence-corrected chi connectivity index (χ1v) is 19.5. The van der Waals surface area contributed by atoms with Gasteiger partial charge >= 0.3 is 12.4 Å². The maximum absolute atomic E-state index is 13.3. The quantitative estimate of drug-likeness (QED) is 0.118. The molecule has 4 heterocycles. The van der Waals surface area contributed by atoms with Crippen molar-refractivity contribution in [2.75, 3.05) is 7.11 Å². The van der Waals surface area contributed by atoms with Crippen LogP contribution in [0.5, 0.6) is 11.5 Å². The van der Waals surface area contributed by atoms with E-state index in [1.807, 2.05) is 54.7 Å². The minimum Gasteiger partial charge on any atom is -0.508 e. The SMILES string of the molecule is C=Cc1[nH]cc(Cc2nc(-c3ccc(OC)cc3)c(-c3ccc(O)cc3)o2)c1C=C.FC(F)(F)c1cccc(-c2nc(-c3c[nH]c4ccccc34)oc2-c2cccc(C(F)(F)F)c2)c1. The zero-order valence-corrected chi connectivity index (χ0v) is 33.8. The van der Waals surface area contributed by atoms with Crippen LogP contribution in [0.15, 0.2) is 156 Å². The zero-order valence-electron chi connectivity index (χ0n) is 33.8. The first-order chi connectivity index (χ1) is 30.7.